The fraction of sp³-hybridized carbons (Fsp3) is 0.111. The lowest BCUT2D eigenvalue weighted by Gasteiger charge is -2.06. The molecule has 0 saturated carbocycles. The van der Waals surface area contributed by atoms with Crippen LogP contribution in [0.2, 0.25) is 0 Å². The zero-order valence-corrected chi connectivity index (χ0v) is 14.6. The van der Waals surface area contributed by atoms with Crippen LogP contribution in [0.3, 0.4) is 0 Å². The quantitative estimate of drug-likeness (QED) is 0.543. The predicted octanol–water partition coefficient (Wildman–Crippen LogP) is 3.61. The highest BCUT2D eigenvalue weighted by molar-refractivity contribution is 5.55. The Morgan fingerprint density at radius 1 is 0.897 bits per heavy atom. The maximum Gasteiger partial charge on any atom is 0.471 e. The minimum atomic E-state index is -4.67. The van der Waals surface area contributed by atoms with E-state index >= 15 is 0 Å². The molecule has 3 heterocycles. The second-order valence-electron chi connectivity index (χ2n) is 5.83. The fourth-order valence-corrected chi connectivity index (χ4v) is 2.43. The molecule has 0 aliphatic heterocycles. The molecule has 0 atom stereocenters. The van der Waals surface area contributed by atoms with Crippen LogP contribution >= 0.6 is 0 Å². The van der Waals surface area contributed by atoms with Crippen molar-refractivity contribution in [1.29, 1.82) is 0 Å². The van der Waals surface area contributed by atoms with Gasteiger partial charge in [0.25, 0.3) is 0 Å². The summed E-state index contributed by atoms with van der Waals surface area (Å²) in [4.78, 5) is 20.1. The van der Waals surface area contributed by atoms with Gasteiger partial charge in [0.15, 0.2) is 0 Å². The molecule has 8 nitrogen and oxygen atoms in total. The summed E-state index contributed by atoms with van der Waals surface area (Å²) < 4.78 is 41.9. The number of aromatic nitrogens is 6. The van der Waals surface area contributed by atoms with Crippen molar-refractivity contribution in [2.24, 2.45) is 0 Å². The van der Waals surface area contributed by atoms with E-state index in [1.54, 1.807) is 55.1 Å². The van der Waals surface area contributed by atoms with Crippen LogP contribution in [-0.4, -0.2) is 30.1 Å². The summed E-state index contributed by atoms with van der Waals surface area (Å²) in [7, 11) is 0. The molecule has 0 radical (unpaired) electrons. The van der Waals surface area contributed by atoms with Crippen LogP contribution in [0.5, 0.6) is 0 Å². The van der Waals surface area contributed by atoms with Crippen molar-refractivity contribution in [3.63, 3.8) is 0 Å². The van der Waals surface area contributed by atoms with Crippen molar-refractivity contribution in [2.75, 3.05) is 5.32 Å². The van der Waals surface area contributed by atoms with Gasteiger partial charge in [-0.1, -0.05) is 29.4 Å². The lowest BCUT2D eigenvalue weighted by Crippen LogP contribution is -2.05. The van der Waals surface area contributed by atoms with Gasteiger partial charge in [0, 0.05) is 30.7 Å². The first-order valence-electron chi connectivity index (χ1n) is 8.32. The Hall–Kier alpha value is -3.89. The maximum atomic E-state index is 12.6. The smallest absolute Gasteiger partial charge is 0.350 e. The van der Waals surface area contributed by atoms with Crippen molar-refractivity contribution in [1.82, 2.24) is 30.1 Å². The first-order valence-corrected chi connectivity index (χ1v) is 8.32. The first kappa shape index (κ1) is 18.5. The highest BCUT2D eigenvalue weighted by atomic mass is 19.4. The molecule has 4 aromatic rings. The van der Waals surface area contributed by atoms with Crippen molar-refractivity contribution in [3.8, 4) is 22.8 Å². The van der Waals surface area contributed by atoms with Gasteiger partial charge in [0.2, 0.25) is 11.8 Å². The highest BCUT2D eigenvalue weighted by Crippen LogP contribution is 2.29. The molecule has 0 amide bonds. The molecule has 0 saturated heterocycles. The molecular weight excluding hydrogens is 387 g/mol. The average Bonchev–Trinajstić information content (AvgIpc) is 3.24. The highest BCUT2D eigenvalue weighted by Gasteiger charge is 2.38. The molecular formula is C18H12F3N7O. The third-order valence-electron chi connectivity index (χ3n) is 3.81. The van der Waals surface area contributed by atoms with E-state index < -0.39 is 12.1 Å². The Morgan fingerprint density at radius 2 is 1.72 bits per heavy atom. The second kappa shape index (κ2) is 7.62. The van der Waals surface area contributed by atoms with Crippen LogP contribution < -0.4 is 5.32 Å². The molecule has 1 N–H and O–H groups in total. The Labute approximate surface area is 161 Å². The van der Waals surface area contributed by atoms with Crippen LogP contribution in [-0.2, 0) is 12.7 Å². The van der Waals surface area contributed by atoms with Crippen molar-refractivity contribution < 1.29 is 17.7 Å². The number of anilines is 1. The monoisotopic (exact) mass is 399 g/mol. The molecule has 4 rings (SSSR count). The van der Waals surface area contributed by atoms with Crippen LogP contribution in [0.4, 0.5) is 19.1 Å². The molecule has 11 heteroatoms. The van der Waals surface area contributed by atoms with Crippen molar-refractivity contribution in [2.45, 2.75) is 12.7 Å². The van der Waals surface area contributed by atoms with Crippen molar-refractivity contribution >= 4 is 5.95 Å². The molecule has 0 bridgehead atoms. The van der Waals surface area contributed by atoms with Gasteiger partial charge in [-0.3, -0.25) is 9.97 Å². The molecule has 146 valence electrons. The van der Waals surface area contributed by atoms with Crippen LogP contribution in [0.1, 0.15) is 11.5 Å². The van der Waals surface area contributed by atoms with E-state index in [4.69, 9.17) is 0 Å². The van der Waals surface area contributed by atoms with Gasteiger partial charge in [-0.2, -0.15) is 18.2 Å². The summed E-state index contributed by atoms with van der Waals surface area (Å²) in [6.45, 7) is 0.407. The van der Waals surface area contributed by atoms with E-state index in [1.807, 2.05) is 0 Å². The molecule has 3 aromatic heterocycles. The van der Waals surface area contributed by atoms with Crippen LogP contribution in [0.15, 0.2) is 59.6 Å². The molecule has 0 unspecified atom stereocenters. The zero-order chi connectivity index (χ0) is 20.3. The molecule has 1 aromatic carbocycles. The number of hydrogen-bond acceptors (Lipinski definition) is 8. The van der Waals surface area contributed by atoms with Gasteiger partial charge in [-0.05, 0) is 11.6 Å². The SMILES string of the molecule is FC(F)(F)c1nc(-c2ccc(CNc3nccc(-c4cnccn4)n3)cc2)no1. The summed E-state index contributed by atoms with van der Waals surface area (Å²) >= 11 is 0. The Bertz CT molecular complexity index is 1100. The van der Waals surface area contributed by atoms with E-state index in [0.29, 0.717) is 29.4 Å². The molecule has 0 aliphatic carbocycles. The number of benzene rings is 1. The topological polar surface area (TPSA) is 103 Å². The number of hydrogen-bond donors (Lipinski definition) is 1. The summed E-state index contributed by atoms with van der Waals surface area (Å²) in [5, 5.41) is 6.45. The van der Waals surface area contributed by atoms with E-state index in [-0.39, 0.29) is 5.82 Å². The normalized spacial score (nSPS) is 11.4. The van der Waals surface area contributed by atoms with E-state index in [1.165, 1.54) is 0 Å². The van der Waals surface area contributed by atoms with E-state index in [0.717, 1.165) is 5.56 Å². The number of nitrogens with zero attached hydrogens (tertiary/aromatic N) is 6. The lowest BCUT2D eigenvalue weighted by atomic mass is 10.1. The van der Waals surface area contributed by atoms with E-state index in [9.17, 15) is 13.2 Å². The number of halogens is 3. The standard InChI is InChI=1S/C18H12F3N7O/c19-18(20,21)16-27-15(28-29-16)12-3-1-11(2-4-12)9-25-17-24-6-5-13(26-17)14-10-22-7-8-23-14/h1-8,10H,9H2,(H,24,25,26). The first-order chi connectivity index (χ1) is 14.0. The molecule has 0 fully saturated rings. The minimum Gasteiger partial charge on any atom is -0.350 e. The van der Waals surface area contributed by atoms with Gasteiger partial charge in [-0.15, -0.1) is 0 Å². The van der Waals surface area contributed by atoms with Crippen LogP contribution in [0, 0.1) is 0 Å². The van der Waals surface area contributed by atoms with Gasteiger partial charge in [-0.25, -0.2) is 9.97 Å². The van der Waals surface area contributed by atoms with Gasteiger partial charge < -0.3 is 9.84 Å². The zero-order valence-electron chi connectivity index (χ0n) is 14.6. The molecule has 0 spiro atoms. The molecule has 29 heavy (non-hydrogen) atoms. The van der Waals surface area contributed by atoms with Gasteiger partial charge in [0.05, 0.1) is 11.9 Å². The Morgan fingerprint density at radius 3 is 2.41 bits per heavy atom. The third kappa shape index (κ3) is 4.34. The second-order valence-corrected chi connectivity index (χ2v) is 5.83. The predicted molar refractivity (Wildman–Crippen MR) is 95.1 cm³/mol. The molecule has 0 aliphatic rings. The lowest BCUT2D eigenvalue weighted by molar-refractivity contribution is -0.159. The fourth-order valence-electron chi connectivity index (χ4n) is 2.43. The number of nitrogens with one attached hydrogen (secondary N) is 1. The number of alkyl halides is 3. The van der Waals surface area contributed by atoms with E-state index in [2.05, 4.69) is 39.9 Å². The summed E-state index contributed by atoms with van der Waals surface area (Å²) in [5.74, 6) is -1.10. The van der Waals surface area contributed by atoms with Crippen molar-refractivity contribution in [3.05, 3.63) is 66.6 Å². The number of rotatable bonds is 5. The minimum absolute atomic E-state index is 0.128. The third-order valence-corrected chi connectivity index (χ3v) is 3.81. The Balaban J connectivity index is 1.43. The largest absolute Gasteiger partial charge is 0.471 e. The summed E-state index contributed by atoms with van der Waals surface area (Å²) in [6, 6.07) is 8.42. The maximum absolute atomic E-state index is 12.6. The Kier molecular flexibility index (Phi) is 4.85. The summed E-state index contributed by atoms with van der Waals surface area (Å²) in [5.41, 5.74) is 2.53. The van der Waals surface area contributed by atoms with Crippen LogP contribution in [0.25, 0.3) is 22.8 Å². The summed E-state index contributed by atoms with van der Waals surface area (Å²) in [6.07, 6.45) is 1.69. The average molecular weight is 399 g/mol. The van der Waals surface area contributed by atoms with Gasteiger partial charge >= 0.3 is 12.1 Å². The van der Waals surface area contributed by atoms with Gasteiger partial charge in [0.1, 0.15) is 5.69 Å².